The number of benzene rings is 2. The van der Waals surface area contributed by atoms with E-state index < -0.39 is 0 Å². The average Bonchev–Trinajstić information content (AvgIpc) is 2.53. The van der Waals surface area contributed by atoms with Crippen molar-refractivity contribution in [1.82, 2.24) is 5.32 Å². The van der Waals surface area contributed by atoms with Crippen molar-refractivity contribution in [2.45, 2.75) is 34.1 Å². The first-order valence-electron chi connectivity index (χ1n) is 8.55. The van der Waals surface area contributed by atoms with Crippen LogP contribution in [0.4, 0.5) is 5.69 Å². The Morgan fingerprint density at radius 2 is 1.60 bits per heavy atom. The molecule has 2 aromatic carbocycles. The molecule has 2 aromatic rings. The molecule has 2 amide bonds. The number of carbonyl (C=O) groups is 2. The smallest absolute Gasteiger partial charge is 0.224 e. The van der Waals surface area contributed by atoms with Crippen LogP contribution in [0.15, 0.2) is 42.5 Å². The molecule has 0 saturated carbocycles. The molecule has 0 saturated heterocycles. The lowest BCUT2D eigenvalue weighted by atomic mass is 10.0. The minimum Gasteiger partial charge on any atom is -0.354 e. The Labute approximate surface area is 149 Å². The van der Waals surface area contributed by atoms with Crippen LogP contribution >= 0.6 is 0 Å². The van der Waals surface area contributed by atoms with Crippen molar-refractivity contribution < 1.29 is 9.59 Å². The second-order valence-electron chi connectivity index (χ2n) is 6.43. The molecule has 0 radical (unpaired) electrons. The van der Waals surface area contributed by atoms with E-state index in [0.717, 1.165) is 22.4 Å². The molecular formula is C21H26N2O2. The molecule has 0 aliphatic rings. The van der Waals surface area contributed by atoms with Crippen LogP contribution in [-0.2, 0) is 16.0 Å². The van der Waals surface area contributed by atoms with E-state index in [0.29, 0.717) is 19.5 Å². The van der Waals surface area contributed by atoms with Gasteiger partial charge in [0.25, 0.3) is 0 Å². The first kappa shape index (κ1) is 18.7. The Balaban J connectivity index is 1.99. The molecule has 4 nitrogen and oxygen atoms in total. The highest BCUT2D eigenvalue weighted by Gasteiger charge is 2.16. The third-order valence-corrected chi connectivity index (χ3v) is 4.15. The number of anilines is 1. The lowest BCUT2D eigenvalue weighted by molar-refractivity contribution is -0.121. The second-order valence-corrected chi connectivity index (χ2v) is 6.43. The third-order valence-electron chi connectivity index (χ3n) is 4.15. The summed E-state index contributed by atoms with van der Waals surface area (Å²) in [6.07, 6.45) is 0.351. The van der Waals surface area contributed by atoms with Gasteiger partial charge in [-0.05, 0) is 37.5 Å². The van der Waals surface area contributed by atoms with Crippen LogP contribution in [0.5, 0.6) is 0 Å². The summed E-state index contributed by atoms with van der Waals surface area (Å²) in [4.78, 5) is 25.9. The molecule has 25 heavy (non-hydrogen) atoms. The minimum atomic E-state index is -0.0351. The molecule has 0 aliphatic heterocycles. The molecule has 0 atom stereocenters. The fraction of sp³-hybridized carbons (Fsp3) is 0.333. The topological polar surface area (TPSA) is 49.4 Å². The highest BCUT2D eigenvalue weighted by Crippen LogP contribution is 2.26. The molecule has 1 N–H and O–H groups in total. The molecule has 4 heteroatoms. The number of nitrogens with one attached hydrogen (secondary N) is 1. The van der Waals surface area contributed by atoms with Crippen molar-refractivity contribution in [1.29, 1.82) is 0 Å². The van der Waals surface area contributed by atoms with Crippen LogP contribution in [0.2, 0.25) is 0 Å². The summed E-state index contributed by atoms with van der Waals surface area (Å²) in [7, 11) is 0. The van der Waals surface area contributed by atoms with Gasteiger partial charge in [-0.2, -0.15) is 0 Å². The Morgan fingerprint density at radius 3 is 2.16 bits per heavy atom. The Bertz CT molecular complexity index is 731. The molecule has 0 unspecified atom stereocenters. The van der Waals surface area contributed by atoms with Crippen LogP contribution in [0, 0.1) is 20.8 Å². The number of amides is 2. The largest absolute Gasteiger partial charge is 0.354 e. The lowest BCUT2D eigenvalue weighted by Crippen LogP contribution is -2.38. The van der Waals surface area contributed by atoms with Crippen molar-refractivity contribution in [3.05, 3.63) is 64.7 Å². The van der Waals surface area contributed by atoms with E-state index in [4.69, 9.17) is 0 Å². The summed E-state index contributed by atoms with van der Waals surface area (Å²) in [5.74, 6) is -0.0561. The van der Waals surface area contributed by atoms with Gasteiger partial charge in [-0.3, -0.25) is 9.59 Å². The highest BCUT2D eigenvalue weighted by atomic mass is 16.2. The Morgan fingerprint density at radius 1 is 1.00 bits per heavy atom. The average molecular weight is 338 g/mol. The summed E-state index contributed by atoms with van der Waals surface area (Å²) in [6, 6.07) is 13.8. The summed E-state index contributed by atoms with van der Waals surface area (Å²) in [5, 5.41) is 2.90. The van der Waals surface area contributed by atoms with Gasteiger partial charge in [-0.25, -0.2) is 0 Å². The van der Waals surface area contributed by atoms with Gasteiger partial charge in [-0.15, -0.1) is 0 Å². The van der Waals surface area contributed by atoms with Crippen LogP contribution in [0.1, 0.15) is 29.2 Å². The predicted octanol–water partition coefficient (Wildman–Crippen LogP) is 3.32. The van der Waals surface area contributed by atoms with Crippen LogP contribution < -0.4 is 10.2 Å². The van der Waals surface area contributed by atoms with Gasteiger partial charge in [0.15, 0.2) is 0 Å². The fourth-order valence-corrected chi connectivity index (χ4v) is 3.18. The van der Waals surface area contributed by atoms with Crippen LogP contribution in [0.3, 0.4) is 0 Å². The maximum atomic E-state index is 12.1. The molecule has 0 bridgehead atoms. The Kier molecular flexibility index (Phi) is 6.34. The van der Waals surface area contributed by atoms with Crippen molar-refractivity contribution in [3.8, 4) is 0 Å². The van der Waals surface area contributed by atoms with Crippen molar-refractivity contribution in [2.24, 2.45) is 0 Å². The van der Waals surface area contributed by atoms with Crippen LogP contribution in [-0.4, -0.2) is 24.9 Å². The first-order chi connectivity index (χ1) is 11.9. The van der Waals surface area contributed by atoms with E-state index in [1.54, 1.807) is 11.8 Å². The summed E-state index contributed by atoms with van der Waals surface area (Å²) in [5.41, 5.74) is 5.24. The SMILES string of the molecule is CC(=O)N(CCNC(=O)Cc1ccccc1)c1c(C)cc(C)cc1C. The summed E-state index contributed by atoms with van der Waals surface area (Å²) < 4.78 is 0. The lowest BCUT2D eigenvalue weighted by Gasteiger charge is -2.25. The third kappa shape index (κ3) is 5.18. The van der Waals surface area contributed by atoms with Crippen molar-refractivity contribution >= 4 is 17.5 Å². The number of nitrogens with zero attached hydrogens (tertiary/aromatic N) is 1. The van der Waals surface area contributed by atoms with Gasteiger partial charge in [-0.1, -0.05) is 48.0 Å². The van der Waals surface area contributed by atoms with E-state index >= 15 is 0 Å². The van der Waals surface area contributed by atoms with Gasteiger partial charge < -0.3 is 10.2 Å². The zero-order valence-electron chi connectivity index (χ0n) is 15.4. The quantitative estimate of drug-likeness (QED) is 0.878. The number of carbonyl (C=O) groups excluding carboxylic acids is 2. The summed E-state index contributed by atoms with van der Waals surface area (Å²) in [6.45, 7) is 8.52. The molecule has 132 valence electrons. The van der Waals surface area contributed by atoms with E-state index in [2.05, 4.69) is 17.4 Å². The molecule has 0 aliphatic carbocycles. The second kappa shape index (κ2) is 8.47. The van der Waals surface area contributed by atoms with Gasteiger partial charge in [0.05, 0.1) is 6.42 Å². The van der Waals surface area contributed by atoms with Crippen LogP contribution in [0.25, 0.3) is 0 Å². The molecule has 0 aromatic heterocycles. The Hall–Kier alpha value is -2.62. The molecule has 0 spiro atoms. The van der Waals surface area contributed by atoms with Gasteiger partial charge >= 0.3 is 0 Å². The zero-order chi connectivity index (χ0) is 18.4. The fourth-order valence-electron chi connectivity index (χ4n) is 3.18. The number of hydrogen-bond donors (Lipinski definition) is 1. The number of aryl methyl sites for hydroxylation is 3. The van der Waals surface area contributed by atoms with E-state index in [-0.39, 0.29) is 11.8 Å². The maximum Gasteiger partial charge on any atom is 0.224 e. The van der Waals surface area contributed by atoms with Crippen molar-refractivity contribution in [3.63, 3.8) is 0 Å². The maximum absolute atomic E-state index is 12.1. The van der Waals surface area contributed by atoms with E-state index in [1.807, 2.05) is 51.1 Å². The molecule has 0 fully saturated rings. The van der Waals surface area contributed by atoms with E-state index in [9.17, 15) is 9.59 Å². The molecular weight excluding hydrogens is 312 g/mol. The van der Waals surface area contributed by atoms with E-state index in [1.165, 1.54) is 5.56 Å². The standard InChI is InChI=1S/C21H26N2O2/c1-15-12-16(2)21(17(3)13-15)23(18(4)24)11-10-22-20(25)14-19-8-6-5-7-9-19/h5-9,12-13H,10-11,14H2,1-4H3,(H,22,25). The minimum absolute atomic E-state index is 0.0210. The molecule has 2 rings (SSSR count). The normalized spacial score (nSPS) is 10.4. The first-order valence-corrected chi connectivity index (χ1v) is 8.55. The van der Waals surface area contributed by atoms with Crippen molar-refractivity contribution in [2.75, 3.05) is 18.0 Å². The predicted molar refractivity (Wildman–Crippen MR) is 102 cm³/mol. The number of rotatable bonds is 6. The van der Waals surface area contributed by atoms with Gasteiger partial charge in [0.2, 0.25) is 11.8 Å². The molecule has 0 heterocycles. The zero-order valence-corrected chi connectivity index (χ0v) is 15.4. The summed E-state index contributed by atoms with van der Waals surface area (Å²) >= 11 is 0. The number of hydrogen-bond acceptors (Lipinski definition) is 2. The van der Waals surface area contributed by atoms with Gasteiger partial charge in [0, 0.05) is 25.7 Å². The highest BCUT2D eigenvalue weighted by molar-refractivity contribution is 5.93. The van der Waals surface area contributed by atoms with Gasteiger partial charge in [0.1, 0.15) is 0 Å². The monoisotopic (exact) mass is 338 g/mol.